The molecule has 2 heterocycles. The second-order valence-electron chi connectivity index (χ2n) is 9.24. The van der Waals surface area contributed by atoms with Crippen molar-refractivity contribution in [2.45, 2.75) is 31.7 Å². The predicted molar refractivity (Wildman–Crippen MR) is 136 cm³/mol. The molecule has 0 saturated carbocycles. The third-order valence-electron chi connectivity index (χ3n) is 7.07. The van der Waals surface area contributed by atoms with Crippen LogP contribution < -0.4 is 19.5 Å². The van der Waals surface area contributed by atoms with E-state index in [2.05, 4.69) is 10.2 Å². The molecule has 1 unspecified atom stereocenters. The molecule has 1 saturated heterocycles. The molecule has 5 rings (SSSR count). The van der Waals surface area contributed by atoms with E-state index in [9.17, 15) is 4.79 Å². The number of methoxy groups -OCH3 is 2. The molecule has 3 aromatic rings. The molecule has 192 valence electrons. The molecule has 1 amide bonds. The lowest BCUT2D eigenvalue weighted by Gasteiger charge is -2.35. The van der Waals surface area contributed by atoms with Gasteiger partial charge in [-0.25, -0.2) is 0 Å². The number of morpholine rings is 1. The van der Waals surface area contributed by atoms with Gasteiger partial charge in [0.25, 0.3) is 5.91 Å². The van der Waals surface area contributed by atoms with Crippen LogP contribution in [0.15, 0.2) is 40.8 Å². The van der Waals surface area contributed by atoms with Crippen molar-refractivity contribution in [3.05, 3.63) is 53.3 Å². The normalized spacial score (nSPS) is 16.8. The highest BCUT2D eigenvalue weighted by Gasteiger charge is 2.25. The van der Waals surface area contributed by atoms with Crippen molar-refractivity contribution in [2.75, 3.05) is 53.7 Å². The minimum Gasteiger partial charge on any atom is -0.493 e. The molecule has 1 fully saturated rings. The van der Waals surface area contributed by atoms with Crippen LogP contribution in [0.2, 0.25) is 0 Å². The summed E-state index contributed by atoms with van der Waals surface area (Å²) in [4.78, 5) is 15.1. The van der Waals surface area contributed by atoms with E-state index in [4.69, 9.17) is 23.4 Å². The lowest BCUT2D eigenvalue weighted by molar-refractivity contribution is -0.123. The number of nitrogens with zero attached hydrogens (tertiary/aromatic N) is 1. The van der Waals surface area contributed by atoms with Crippen molar-refractivity contribution < 1.29 is 28.2 Å². The van der Waals surface area contributed by atoms with Crippen molar-refractivity contribution in [1.82, 2.24) is 10.2 Å². The largest absolute Gasteiger partial charge is 0.493 e. The molecule has 0 radical (unpaired) electrons. The topological polar surface area (TPSA) is 82.4 Å². The predicted octanol–water partition coefficient (Wildman–Crippen LogP) is 3.90. The van der Waals surface area contributed by atoms with Crippen LogP contribution in [0.5, 0.6) is 17.2 Å². The second kappa shape index (κ2) is 11.2. The summed E-state index contributed by atoms with van der Waals surface area (Å²) in [5.41, 5.74) is 3.22. The van der Waals surface area contributed by atoms with Gasteiger partial charge in [-0.2, -0.15) is 0 Å². The number of furan rings is 1. The molecule has 0 bridgehead atoms. The van der Waals surface area contributed by atoms with Gasteiger partial charge in [0.05, 0.1) is 33.5 Å². The van der Waals surface area contributed by atoms with Gasteiger partial charge >= 0.3 is 0 Å². The van der Waals surface area contributed by atoms with Gasteiger partial charge < -0.3 is 28.7 Å². The fourth-order valence-electron chi connectivity index (χ4n) is 5.15. The Hall–Kier alpha value is -3.23. The summed E-state index contributed by atoms with van der Waals surface area (Å²) in [7, 11) is 3.25. The zero-order valence-corrected chi connectivity index (χ0v) is 21.0. The number of nitrogens with one attached hydrogen (secondary N) is 1. The van der Waals surface area contributed by atoms with E-state index in [0.29, 0.717) is 37.0 Å². The summed E-state index contributed by atoms with van der Waals surface area (Å²) in [6.45, 7) is 3.32. The number of aryl methyl sites for hydroxylation is 2. The molecule has 0 spiro atoms. The third kappa shape index (κ3) is 5.29. The van der Waals surface area contributed by atoms with E-state index in [0.717, 1.165) is 48.2 Å². The maximum absolute atomic E-state index is 12.8. The van der Waals surface area contributed by atoms with Crippen LogP contribution in [-0.2, 0) is 22.4 Å². The zero-order valence-electron chi connectivity index (χ0n) is 21.0. The van der Waals surface area contributed by atoms with Gasteiger partial charge in [0, 0.05) is 37.0 Å². The highest BCUT2D eigenvalue weighted by atomic mass is 16.5. The Balaban J connectivity index is 1.24. The Morgan fingerprint density at radius 2 is 1.83 bits per heavy atom. The van der Waals surface area contributed by atoms with Crippen molar-refractivity contribution in [3.8, 4) is 17.2 Å². The highest BCUT2D eigenvalue weighted by molar-refractivity contribution is 5.84. The summed E-state index contributed by atoms with van der Waals surface area (Å²) >= 11 is 0. The third-order valence-corrected chi connectivity index (χ3v) is 7.07. The lowest BCUT2D eigenvalue weighted by Crippen LogP contribution is -2.44. The van der Waals surface area contributed by atoms with Crippen molar-refractivity contribution in [3.63, 3.8) is 0 Å². The van der Waals surface area contributed by atoms with Gasteiger partial charge in [-0.05, 0) is 55.2 Å². The lowest BCUT2D eigenvalue weighted by atomic mass is 9.96. The van der Waals surface area contributed by atoms with Crippen LogP contribution in [0.25, 0.3) is 11.0 Å². The van der Waals surface area contributed by atoms with E-state index in [-0.39, 0.29) is 18.6 Å². The Morgan fingerprint density at radius 1 is 1.03 bits per heavy atom. The molecule has 8 nitrogen and oxygen atoms in total. The molecule has 2 aromatic carbocycles. The van der Waals surface area contributed by atoms with Crippen LogP contribution in [0.3, 0.4) is 0 Å². The van der Waals surface area contributed by atoms with Crippen molar-refractivity contribution >= 4 is 16.9 Å². The van der Waals surface area contributed by atoms with E-state index < -0.39 is 0 Å². The van der Waals surface area contributed by atoms with Gasteiger partial charge in [0.2, 0.25) is 0 Å². The first-order chi connectivity index (χ1) is 17.7. The van der Waals surface area contributed by atoms with Crippen LogP contribution in [0.1, 0.15) is 35.8 Å². The first-order valence-electron chi connectivity index (χ1n) is 12.6. The standard InChI is InChI=1S/C28H34N2O6/c1-32-26-9-7-19(15-27(26)33-2)23(30-11-13-34-14-12-30)17-29-28(31)18-35-20-8-10-25-22(16-20)21-5-3-4-6-24(21)36-25/h7-10,15-16,23H,3-6,11-14,17-18H2,1-2H3,(H,29,31). The molecule has 1 aliphatic heterocycles. The van der Waals surface area contributed by atoms with E-state index in [1.807, 2.05) is 36.4 Å². The summed E-state index contributed by atoms with van der Waals surface area (Å²) in [5.74, 6) is 2.95. The molecule has 2 aliphatic rings. The first kappa shape index (κ1) is 24.5. The maximum atomic E-state index is 12.8. The van der Waals surface area contributed by atoms with Crippen molar-refractivity contribution in [1.29, 1.82) is 0 Å². The molecular formula is C28H34N2O6. The Bertz CT molecular complexity index is 1200. The summed E-state index contributed by atoms with van der Waals surface area (Å²) in [6.07, 6.45) is 4.38. The fourth-order valence-corrected chi connectivity index (χ4v) is 5.15. The second-order valence-corrected chi connectivity index (χ2v) is 9.24. The molecule has 1 N–H and O–H groups in total. The zero-order chi connectivity index (χ0) is 24.9. The average molecular weight is 495 g/mol. The monoisotopic (exact) mass is 494 g/mol. The Kier molecular flexibility index (Phi) is 7.63. The summed E-state index contributed by atoms with van der Waals surface area (Å²) < 4.78 is 28.3. The maximum Gasteiger partial charge on any atom is 0.258 e. The number of ether oxygens (including phenoxy) is 4. The van der Waals surface area contributed by atoms with E-state index in [1.54, 1.807) is 14.2 Å². The number of benzene rings is 2. The summed E-state index contributed by atoms with van der Waals surface area (Å²) in [5, 5.41) is 4.16. The minimum absolute atomic E-state index is 0.0218. The van der Waals surface area contributed by atoms with Crippen molar-refractivity contribution in [2.24, 2.45) is 0 Å². The van der Waals surface area contributed by atoms with E-state index in [1.165, 1.54) is 18.4 Å². The minimum atomic E-state index is -0.164. The number of hydrogen-bond acceptors (Lipinski definition) is 7. The fraction of sp³-hybridized carbons (Fsp3) is 0.464. The molecule has 1 atom stereocenters. The van der Waals surface area contributed by atoms with Gasteiger partial charge in [-0.3, -0.25) is 9.69 Å². The van der Waals surface area contributed by atoms with Gasteiger partial charge in [-0.15, -0.1) is 0 Å². The molecule has 8 heteroatoms. The smallest absolute Gasteiger partial charge is 0.258 e. The van der Waals surface area contributed by atoms with Crippen LogP contribution >= 0.6 is 0 Å². The Labute approximate surface area is 211 Å². The molecule has 1 aromatic heterocycles. The van der Waals surface area contributed by atoms with Crippen LogP contribution in [0.4, 0.5) is 0 Å². The number of rotatable bonds is 9. The van der Waals surface area contributed by atoms with E-state index >= 15 is 0 Å². The molecular weight excluding hydrogens is 460 g/mol. The SMILES string of the molecule is COc1ccc(C(CNC(=O)COc2ccc3oc4c(c3c2)CCCC4)N2CCOCC2)cc1OC. The molecule has 1 aliphatic carbocycles. The van der Waals surface area contributed by atoms with Crippen LogP contribution in [-0.4, -0.2) is 64.5 Å². The highest BCUT2D eigenvalue weighted by Crippen LogP contribution is 2.34. The van der Waals surface area contributed by atoms with Gasteiger partial charge in [0.1, 0.15) is 17.1 Å². The van der Waals surface area contributed by atoms with Gasteiger partial charge in [0.15, 0.2) is 18.1 Å². The average Bonchev–Trinajstić information content (AvgIpc) is 3.30. The number of amides is 1. The number of carbonyl (C=O) groups excluding carboxylic acids is 1. The molecule has 36 heavy (non-hydrogen) atoms. The number of carbonyl (C=O) groups is 1. The quantitative estimate of drug-likeness (QED) is 0.483. The number of hydrogen-bond donors (Lipinski definition) is 1. The summed E-state index contributed by atoms with van der Waals surface area (Å²) in [6, 6.07) is 11.7. The van der Waals surface area contributed by atoms with Gasteiger partial charge in [-0.1, -0.05) is 6.07 Å². The first-order valence-corrected chi connectivity index (χ1v) is 12.6. The van der Waals surface area contributed by atoms with Crippen LogP contribution in [0, 0.1) is 0 Å². The number of fused-ring (bicyclic) bond motifs is 3. The Morgan fingerprint density at radius 3 is 2.64 bits per heavy atom.